The van der Waals surface area contributed by atoms with Gasteiger partial charge in [0.05, 0.1) is 36.2 Å². The van der Waals surface area contributed by atoms with E-state index in [1.807, 2.05) is 13.8 Å². The average molecular weight is 493 g/mol. The van der Waals surface area contributed by atoms with E-state index < -0.39 is 20.1 Å². The summed E-state index contributed by atoms with van der Waals surface area (Å²) < 4.78 is 51.1. The number of aromatic nitrogens is 4. The molecule has 2 rings (SSSR count). The molecule has 2 heterocycles. The van der Waals surface area contributed by atoms with Crippen molar-refractivity contribution in [1.29, 1.82) is 0 Å². The van der Waals surface area contributed by atoms with Crippen LogP contribution in [0.5, 0.6) is 0 Å². The molecule has 0 fully saturated rings. The van der Waals surface area contributed by atoms with Crippen LogP contribution in [0, 0.1) is 0 Å². The molecule has 32 heavy (non-hydrogen) atoms. The normalized spacial score (nSPS) is 12.0. The fraction of sp³-hybridized carbons (Fsp3) is 0.700. The van der Waals surface area contributed by atoms with E-state index in [1.54, 1.807) is 0 Å². The molecule has 0 aromatic carbocycles. The average Bonchev–Trinajstić information content (AvgIpc) is 3.28. The molecular weight excluding hydrogens is 456 g/mol. The van der Waals surface area contributed by atoms with Crippen LogP contribution < -0.4 is 0 Å². The zero-order valence-electron chi connectivity index (χ0n) is 19.8. The zero-order chi connectivity index (χ0) is 24.5. The van der Waals surface area contributed by atoms with Crippen molar-refractivity contribution < 1.29 is 26.1 Å². The summed E-state index contributed by atoms with van der Waals surface area (Å²) in [5.74, 6) is 0. The van der Waals surface area contributed by atoms with Crippen LogP contribution >= 0.6 is 0 Å². The van der Waals surface area contributed by atoms with Crippen molar-refractivity contribution in [2.24, 2.45) is 0 Å². The van der Waals surface area contributed by atoms with Crippen LogP contribution in [0.4, 0.5) is 0 Å². The Kier molecular flexibility index (Phi) is 11.0. The first-order valence-electron chi connectivity index (χ1n) is 10.7. The Morgan fingerprint density at radius 3 is 1.97 bits per heavy atom. The molecule has 0 amide bonds. The van der Waals surface area contributed by atoms with Crippen LogP contribution in [0.25, 0.3) is 0 Å². The fourth-order valence-electron chi connectivity index (χ4n) is 3.44. The predicted molar refractivity (Wildman–Crippen MR) is 124 cm³/mol. The third-order valence-electron chi connectivity index (χ3n) is 4.86. The number of aromatic amines is 1. The van der Waals surface area contributed by atoms with Crippen LogP contribution in [0.3, 0.4) is 0 Å². The minimum atomic E-state index is -3.50. The van der Waals surface area contributed by atoms with Gasteiger partial charge in [-0.15, -0.1) is 0 Å². The second-order valence-corrected chi connectivity index (χ2v) is 10.7. The molecule has 0 saturated carbocycles. The number of rotatable bonds is 11. The van der Waals surface area contributed by atoms with Crippen LogP contribution in [0.1, 0.15) is 61.6 Å². The number of aliphatic hydroxyl groups excluding tert-OH is 1. The van der Waals surface area contributed by atoms with Crippen LogP contribution in [-0.4, -0.2) is 67.1 Å². The Morgan fingerprint density at radius 1 is 0.906 bits per heavy atom. The topological polar surface area (TPSA) is 144 Å². The number of hydrogen-bond acceptors (Lipinski definition) is 8. The molecule has 0 aliphatic rings. The molecule has 2 N–H and O–H groups in total. The van der Waals surface area contributed by atoms with Gasteiger partial charge in [0.25, 0.3) is 20.1 Å². The molecule has 10 nitrogen and oxygen atoms in total. The minimum Gasteiger partial charge on any atom is -0.396 e. The van der Waals surface area contributed by atoms with E-state index in [0.717, 1.165) is 47.1 Å². The number of nitrogens with zero attached hydrogens (tertiary/aromatic N) is 3. The van der Waals surface area contributed by atoms with Gasteiger partial charge in [0.1, 0.15) is 0 Å². The Morgan fingerprint density at radius 2 is 1.53 bits per heavy atom. The minimum absolute atomic E-state index is 0.0196. The number of hydrogen-bond donors (Lipinski definition) is 2. The molecule has 0 radical (unpaired) electrons. The maximum Gasteiger partial charge on any atom is 0.264 e. The van der Waals surface area contributed by atoms with Gasteiger partial charge in [-0.05, 0) is 37.7 Å². The maximum atomic E-state index is 11.7. The molecule has 2 aromatic heterocycles. The number of aryl methyl sites for hydroxylation is 3. The van der Waals surface area contributed by atoms with E-state index in [0.29, 0.717) is 30.7 Å². The van der Waals surface area contributed by atoms with Gasteiger partial charge in [-0.2, -0.15) is 22.7 Å². The highest BCUT2D eigenvalue weighted by atomic mass is 32.2. The van der Waals surface area contributed by atoms with Gasteiger partial charge >= 0.3 is 0 Å². The summed E-state index contributed by atoms with van der Waals surface area (Å²) in [5, 5.41) is 20.1. The van der Waals surface area contributed by atoms with Gasteiger partial charge in [0, 0.05) is 24.3 Å². The first-order valence-corrected chi connectivity index (χ1v) is 14.4. The standard InChI is InChI=1S/C11H20N2O5S2.C9H16N2O/c1-5-10-9(7-8-18-20(4,16)17)11(6-2)13(12-10)19(3,14)15;1-3-8-7(5-6-12)9(4-2)11-10-8/h5-8H2,1-4H3;12H,3-6H2,1-2H3,(H,10,11). The Labute approximate surface area is 191 Å². The molecule has 0 aliphatic heterocycles. The van der Waals surface area contributed by atoms with Crippen LogP contribution in [0.15, 0.2) is 0 Å². The summed E-state index contributed by atoms with van der Waals surface area (Å²) in [6.45, 7) is 8.06. The van der Waals surface area contributed by atoms with Crippen LogP contribution in [-0.2, 0) is 62.8 Å². The summed E-state index contributed by atoms with van der Waals surface area (Å²) in [6, 6.07) is 0. The van der Waals surface area contributed by atoms with Crippen LogP contribution in [0.2, 0.25) is 0 Å². The Hall–Kier alpha value is -1.76. The molecule has 184 valence electrons. The largest absolute Gasteiger partial charge is 0.396 e. The lowest BCUT2D eigenvalue weighted by Crippen LogP contribution is -2.15. The van der Waals surface area contributed by atoms with Crippen molar-refractivity contribution in [3.05, 3.63) is 33.9 Å². The first-order chi connectivity index (χ1) is 14.9. The highest BCUT2D eigenvalue weighted by molar-refractivity contribution is 7.89. The molecule has 0 bridgehead atoms. The van der Waals surface area contributed by atoms with Crippen molar-refractivity contribution in [2.45, 2.75) is 66.2 Å². The fourth-order valence-corrected chi connectivity index (χ4v) is 4.71. The first kappa shape index (κ1) is 28.3. The lowest BCUT2D eigenvalue weighted by molar-refractivity contribution is 0.299. The molecule has 0 aliphatic carbocycles. The lowest BCUT2D eigenvalue weighted by Gasteiger charge is -2.06. The second-order valence-electron chi connectivity index (χ2n) is 7.27. The monoisotopic (exact) mass is 492 g/mol. The van der Waals surface area contributed by atoms with E-state index in [9.17, 15) is 16.8 Å². The van der Waals surface area contributed by atoms with Crippen molar-refractivity contribution in [1.82, 2.24) is 19.4 Å². The van der Waals surface area contributed by atoms with Gasteiger partial charge in [0.15, 0.2) is 0 Å². The SMILES string of the molecule is CCc1n[nH]c(CC)c1CCO.CCc1nn(S(C)(=O)=O)c(CC)c1CCOS(C)(=O)=O. The summed E-state index contributed by atoms with van der Waals surface area (Å²) >= 11 is 0. The predicted octanol–water partition coefficient (Wildman–Crippen LogP) is 1.40. The van der Waals surface area contributed by atoms with Gasteiger partial charge in [-0.1, -0.05) is 27.7 Å². The maximum absolute atomic E-state index is 11.7. The molecule has 0 atom stereocenters. The summed E-state index contributed by atoms with van der Waals surface area (Å²) in [7, 11) is -6.96. The summed E-state index contributed by atoms with van der Waals surface area (Å²) in [5.41, 5.74) is 5.47. The molecule has 2 aromatic rings. The van der Waals surface area contributed by atoms with Gasteiger partial charge in [0.2, 0.25) is 0 Å². The molecule has 12 heteroatoms. The summed E-state index contributed by atoms with van der Waals surface area (Å²) in [4.78, 5) is 0. The van der Waals surface area contributed by atoms with E-state index in [-0.39, 0.29) is 13.2 Å². The number of nitrogens with one attached hydrogen (secondary N) is 1. The zero-order valence-corrected chi connectivity index (χ0v) is 21.4. The third kappa shape index (κ3) is 7.98. The molecule has 0 unspecified atom stereocenters. The molecular formula is C20H36N4O6S2. The molecule has 0 saturated heterocycles. The Bertz CT molecular complexity index is 1050. The highest BCUT2D eigenvalue weighted by Crippen LogP contribution is 2.19. The number of H-pyrrole nitrogens is 1. The second kappa shape index (κ2) is 12.5. The van der Waals surface area contributed by atoms with Gasteiger partial charge in [-0.25, -0.2) is 8.42 Å². The van der Waals surface area contributed by atoms with Gasteiger partial charge < -0.3 is 5.11 Å². The lowest BCUT2D eigenvalue weighted by atomic mass is 10.1. The number of aliphatic hydroxyl groups is 1. The van der Waals surface area contributed by atoms with E-state index in [4.69, 9.17) is 9.29 Å². The van der Waals surface area contributed by atoms with Crippen molar-refractivity contribution in [2.75, 3.05) is 25.7 Å². The smallest absolute Gasteiger partial charge is 0.264 e. The van der Waals surface area contributed by atoms with Gasteiger partial charge in [-0.3, -0.25) is 9.28 Å². The molecule has 0 spiro atoms. The Balaban J connectivity index is 0.000000363. The quantitative estimate of drug-likeness (QED) is 0.448. The highest BCUT2D eigenvalue weighted by Gasteiger charge is 2.21. The van der Waals surface area contributed by atoms with Crippen molar-refractivity contribution >= 4 is 20.1 Å². The van der Waals surface area contributed by atoms with Crippen molar-refractivity contribution in [3.63, 3.8) is 0 Å². The van der Waals surface area contributed by atoms with E-state index >= 15 is 0 Å². The third-order valence-corrected chi connectivity index (χ3v) is 6.39. The van der Waals surface area contributed by atoms with E-state index in [2.05, 4.69) is 29.1 Å². The summed E-state index contributed by atoms with van der Waals surface area (Å²) in [6.07, 6.45) is 6.08. The van der Waals surface area contributed by atoms with E-state index in [1.165, 1.54) is 11.3 Å². The van der Waals surface area contributed by atoms with Crippen molar-refractivity contribution in [3.8, 4) is 0 Å².